The highest BCUT2D eigenvalue weighted by molar-refractivity contribution is 8.04. The molecule has 4 nitrogen and oxygen atoms in total. The lowest BCUT2D eigenvalue weighted by molar-refractivity contribution is 0.249. The van der Waals surface area contributed by atoms with Gasteiger partial charge in [-0.25, -0.2) is 8.42 Å². The van der Waals surface area contributed by atoms with Crippen LogP contribution in [0.15, 0.2) is 94.9 Å². The van der Waals surface area contributed by atoms with Crippen molar-refractivity contribution in [3.05, 3.63) is 101 Å². The van der Waals surface area contributed by atoms with Crippen molar-refractivity contribution in [3.8, 4) is 5.75 Å². The number of aryl methyl sites for hydroxylation is 1. The van der Waals surface area contributed by atoms with Crippen LogP contribution in [0, 0.1) is 6.92 Å². The van der Waals surface area contributed by atoms with Gasteiger partial charge in [-0.3, -0.25) is 4.31 Å². The predicted octanol–water partition coefficient (Wildman–Crippen LogP) is 5.18. The van der Waals surface area contributed by atoms with Crippen LogP contribution in [0.2, 0.25) is 0 Å². The fourth-order valence-corrected chi connectivity index (χ4v) is 6.43. The molecule has 1 fully saturated rings. The van der Waals surface area contributed by atoms with Crippen molar-refractivity contribution in [1.82, 2.24) is 4.31 Å². The number of hydrogen-bond acceptors (Lipinski definition) is 4. The average molecular weight is 438 g/mol. The molecule has 1 atom stereocenters. The minimum atomic E-state index is -3.71. The largest absolute Gasteiger partial charge is 0.491 e. The summed E-state index contributed by atoms with van der Waals surface area (Å²) in [5, 5.41) is 0.712. The first kappa shape index (κ1) is 20.6. The molecule has 30 heavy (non-hydrogen) atoms. The second-order valence-corrected chi connectivity index (χ2v) is 9.95. The molecule has 0 amide bonds. The Bertz CT molecular complexity index is 1110. The minimum absolute atomic E-state index is 0.286. The van der Waals surface area contributed by atoms with Crippen LogP contribution in [-0.4, -0.2) is 31.1 Å². The van der Waals surface area contributed by atoms with E-state index >= 15 is 0 Å². The van der Waals surface area contributed by atoms with E-state index in [2.05, 4.69) is 0 Å². The van der Waals surface area contributed by atoms with Crippen LogP contribution in [-0.2, 0) is 10.0 Å². The van der Waals surface area contributed by atoms with Gasteiger partial charge in [0, 0.05) is 5.75 Å². The zero-order chi connectivity index (χ0) is 21.0. The first-order valence-electron chi connectivity index (χ1n) is 9.72. The van der Waals surface area contributed by atoms with E-state index in [1.54, 1.807) is 23.9 Å². The Kier molecular flexibility index (Phi) is 6.16. The van der Waals surface area contributed by atoms with Crippen LogP contribution in [0.5, 0.6) is 5.75 Å². The van der Waals surface area contributed by atoms with Crippen LogP contribution in [0.3, 0.4) is 0 Å². The predicted molar refractivity (Wildman–Crippen MR) is 123 cm³/mol. The van der Waals surface area contributed by atoms with Crippen molar-refractivity contribution in [2.75, 3.05) is 12.4 Å². The molecule has 0 aromatic heterocycles. The molecule has 154 valence electrons. The highest BCUT2D eigenvalue weighted by Crippen LogP contribution is 2.39. The Balaban J connectivity index is 1.67. The Morgan fingerprint density at radius 3 is 2.27 bits per heavy atom. The number of para-hydroxylation sites is 1. The summed E-state index contributed by atoms with van der Waals surface area (Å²) in [6.07, 6.45) is 1.93. The lowest BCUT2D eigenvalue weighted by Gasteiger charge is -2.26. The molecule has 0 bridgehead atoms. The molecule has 1 unspecified atom stereocenters. The number of nitrogens with zero attached hydrogens (tertiary/aromatic N) is 1. The normalized spacial score (nSPS) is 18.0. The Labute approximate surface area is 182 Å². The van der Waals surface area contributed by atoms with Crippen molar-refractivity contribution in [1.29, 1.82) is 0 Å². The Hall–Kier alpha value is -2.70. The fraction of sp³-hybridized carbons (Fsp3) is 0.167. The Morgan fingerprint density at radius 1 is 0.967 bits per heavy atom. The molecular formula is C24H23NO3S2. The zero-order valence-corrected chi connectivity index (χ0v) is 18.3. The molecule has 3 aromatic rings. The minimum Gasteiger partial charge on any atom is -0.491 e. The molecule has 1 saturated heterocycles. The highest BCUT2D eigenvalue weighted by Gasteiger charge is 2.39. The molecule has 4 rings (SSSR count). The number of thioether (sulfide) groups is 1. The quantitative estimate of drug-likeness (QED) is 0.533. The van der Waals surface area contributed by atoms with Gasteiger partial charge < -0.3 is 4.74 Å². The van der Waals surface area contributed by atoms with Crippen LogP contribution in [0.4, 0.5) is 0 Å². The summed E-state index contributed by atoms with van der Waals surface area (Å²) in [5.74, 6) is 1.37. The molecule has 0 spiro atoms. The summed E-state index contributed by atoms with van der Waals surface area (Å²) in [7, 11) is -3.71. The van der Waals surface area contributed by atoms with E-state index in [0.717, 1.165) is 16.9 Å². The topological polar surface area (TPSA) is 46.6 Å². The van der Waals surface area contributed by atoms with Gasteiger partial charge in [0.15, 0.2) is 0 Å². The van der Waals surface area contributed by atoms with Crippen LogP contribution < -0.4 is 4.74 Å². The molecule has 0 N–H and O–H groups in total. The smallest absolute Gasteiger partial charge is 0.265 e. The lowest BCUT2D eigenvalue weighted by Crippen LogP contribution is -2.39. The van der Waals surface area contributed by atoms with Gasteiger partial charge >= 0.3 is 0 Å². The fourth-order valence-electron chi connectivity index (χ4n) is 3.25. The van der Waals surface area contributed by atoms with E-state index in [0.29, 0.717) is 15.7 Å². The third-order valence-corrected chi connectivity index (χ3v) is 7.98. The van der Waals surface area contributed by atoms with Crippen molar-refractivity contribution in [2.45, 2.75) is 17.9 Å². The molecule has 0 radical (unpaired) electrons. The first-order chi connectivity index (χ1) is 14.5. The average Bonchev–Trinajstić information content (AvgIpc) is 3.17. The number of sulfonamides is 1. The molecular weight excluding hydrogens is 414 g/mol. The van der Waals surface area contributed by atoms with Crippen LogP contribution >= 0.6 is 11.8 Å². The molecule has 0 saturated carbocycles. The van der Waals surface area contributed by atoms with Crippen molar-refractivity contribution in [3.63, 3.8) is 0 Å². The molecule has 3 aromatic carbocycles. The summed E-state index contributed by atoms with van der Waals surface area (Å²) in [6.45, 7) is 2.23. The van der Waals surface area contributed by atoms with E-state index in [1.807, 2.05) is 85.8 Å². The molecule has 1 aliphatic heterocycles. The van der Waals surface area contributed by atoms with E-state index in [1.165, 1.54) is 4.31 Å². The van der Waals surface area contributed by atoms with Crippen LogP contribution in [0.1, 0.15) is 11.1 Å². The van der Waals surface area contributed by atoms with Crippen LogP contribution in [0.25, 0.3) is 6.08 Å². The van der Waals surface area contributed by atoms with Gasteiger partial charge in [-0.1, -0.05) is 66.2 Å². The van der Waals surface area contributed by atoms with Gasteiger partial charge in [-0.2, -0.15) is 0 Å². The summed E-state index contributed by atoms with van der Waals surface area (Å²) in [5.41, 5.74) is 1.99. The second kappa shape index (κ2) is 8.98. The summed E-state index contributed by atoms with van der Waals surface area (Å²) < 4.78 is 34.6. The Morgan fingerprint density at radius 2 is 1.60 bits per heavy atom. The van der Waals surface area contributed by atoms with Gasteiger partial charge in [-0.15, -0.1) is 11.8 Å². The third-order valence-electron chi connectivity index (χ3n) is 4.83. The monoisotopic (exact) mass is 437 g/mol. The van der Waals surface area contributed by atoms with Gasteiger partial charge in [0.25, 0.3) is 10.0 Å². The lowest BCUT2D eigenvalue weighted by atomic mass is 10.2. The van der Waals surface area contributed by atoms with Crippen molar-refractivity contribution in [2.24, 2.45) is 0 Å². The number of benzene rings is 3. The maximum absolute atomic E-state index is 13.6. The van der Waals surface area contributed by atoms with Crippen molar-refractivity contribution >= 4 is 27.9 Å². The molecule has 1 aliphatic rings. The first-order valence-corrected chi connectivity index (χ1v) is 12.1. The maximum Gasteiger partial charge on any atom is 0.265 e. The van der Waals surface area contributed by atoms with Gasteiger partial charge in [-0.05, 0) is 42.8 Å². The van der Waals surface area contributed by atoms with Crippen molar-refractivity contribution < 1.29 is 13.2 Å². The molecule has 6 heteroatoms. The summed E-state index contributed by atoms with van der Waals surface area (Å²) >= 11 is 1.54. The van der Waals surface area contributed by atoms with E-state index in [4.69, 9.17) is 4.74 Å². The third kappa shape index (κ3) is 4.55. The van der Waals surface area contributed by atoms with Gasteiger partial charge in [0.05, 0.1) is 16.0 Å². The molecule has 0 aliphatic carbocycles. The number of hydrogen-bond donors (Lipinski definition) is 0. The maximum atomic E-state index is 13.6. The van der Waals surface area contributed by atoms with E-state index in [-0.39, 0.29) is 12.6 Å². The zero-order valence-electron chi connectivity index (χ0n) is 16.6. The standard InChI is InChI=1S/C24H23NO3S2/c1-19-12-14-23(15-13-19)30(26,27)25-21(17-28-22-10-6-3-7-11-22)18-29-24(25)16-20-8-4-2-5-9-20/h2-16,21H,17-18H2,1H3. The van der Waals surface area contributed by atoms with Gasteiger partial charge in [0.2, 0.25) is 0 Å². The number of rotatable bonds is 6. The van der Waals surface area contributed by atoms with E-state index < -0.39 is 10.0 Å². The summed E-state index contributed by atoms with van der Waals surface area (Å²) in [6, 6.07) is 26.0. The SMILES string of the molecule is Cc1ccc(S(=O)(=O)N2C(=Cc3ccccc3)SCC2COc2ccccc2)cc1. The highest BCUT2D eigenvalue weighted by atomic mass is 32.2. The van der Waals surface area contributed by atoms with E-state index in [9.17, 15) is 8.42 Å². The summed E-state index contributed by atoms with van der Waals surface area (Å²) in [4.78, 5) is 0.291. The molecule has 1 heterocycles. The van der Waals surface area contributed by atoms with Gasteiger partial charge in [0.1, 0.15) is 12.4 Å². The number of ether oxygens (including phenoxy) is 1. The second-order valence-electron chi connectivity index (χ2n) is 7.10.